The fraction of sp³-hybridized carbons (Fsp3) is 0.0909. The molecule has 98 valence electrons. The number of anilines is 1. The topological polar surface area (TPSA) is 106 Å². The van der Waals surface area contributed by atoms with Crippen LogP contribution in [0.3, 0.4) is 0 Å². The van der Waals surface area contributed by atoms with Gasteiger partial charge in [-0.2, -0.15) is 0 Å². The van der Waals surface area contributed by atoms with Crippen molar-refractivity contribution in [2.75, 3.05) is 5.32 Å². The smallest absolute Gasteiger partial charge is 0.287 e. The fourth-order valence-electron chi connectivity index (χ4n) is 1.30. The number of nitrogens with one attached hydrogen (secondary N) is 1. The second-order valence-electron chi connectivity index (χ2n) is 3.56. The van der Waals surface area contributed by atoms with Crippen LogP contribution in [0, 0.1) is 10.1 Å². The largest absolute Gasteiger partial charge is 0.370 e. The predicted octanol–water partition coefficient (Wildman–Crippen LogP) is 1.98. The number of aromatic nitrogens is 1. The van der Waals surface area contributed by atoms with E-state index in [1.807, 2.05) is 17.5 Å². The molecule has 8 heteroatoms. The second-order valence-corrected chi connectivity index (χ2v) is 4.60. The van der Waals surface area contributed by atoms with Crippen molar-refractivity contribution in [1.82, 2.24) is 4.98 Å². The minimum atomic E-state index is -0.509. The van der Waals surface area contributed by atoms with Gasteiger partial charge in [-0.05, 0) is 17.5 Å². The number of guanidine groups is 1. The molecule has 0 saturated heterocycles. The van der Waals surface area contributed by atoms with Gasteiger partial charge >= 0.3 is 0 Å². The van der Waals surface area contributed by atoms with E-state index in [1.165, 1.54) is 12.1 Å². The minimum absolute atomic E-state index is 0.0698. The van der Waals surface area contributed by atoms with E-state index >= 15 is 0 Å². The molecule has 7 nitrogen and oxygen atoms in total. The summed E-state index contributed by atoms with van der Waals surface area (Å²) in [6.45, 7) is 0.490. The van der Waals surface area contributed by atoms with Crippen LogP contribution in [0.1, 0.15) is 4.88 Å². The van der Waals surface area contributed by atoms with Crippen LogP contribution in [0.4, 0.5) is 11.5 Å². The highest BCUT2D eigenvalue weighted by atomic mass is 32.1. The third-order valence-corrected chi connectivity index (χ3v) is 3.06. The Bertz CT molecular complexity index is 580. The van der Waals surface area contributed by atoms with E-state index < -0.39 is 4.92 Å². The molecule has 2 heterocycles. The molecule has 0 fully saturated rings. The molecule has 0 radical (unpaired) electrons. The van der Waals surface area contributed by atoms with E-state index in [1.54, 1.807) is 11.3 Å². The van der Waals surface area contributed by atoms with Crippen LogP contribution in [0.15, 0.2) is 40.8 Å². The molecule has 0 aromatic carbocycles. The third-order valence-electron chi connectivity index (χ3n) is 2.20. The van der Waals surface area contributed by atoms with E-state index in [4.69, 9.17) is 5.73 Å². The summed E-state index contributed by atoms with van der Waals surface area (Å²) in [4.78, 5) is 19.1. The van der Waals surface area contributed by atoms with Crippen molar-refractivity contribution in [3.63, 3.8) is 0 Å². The van der Waals surface area contributed by atoms with E-state index in [2.05, 4.69) is 15.3 Å². The van der Waals surface area contributed by atoms with Crippen LogP contribution in [0.25, 0.3) is 0 Å². The molecule has 0 saturated carbocycles. The number of nitrogens with two attached hydrogens (primary N) is 1. The summed E-state index contributed by atoms with van der Waals surface area (Å²) in [6, 6.07) is 6.73. The first-order valence-electron chi connectivity index (χ1n) is 5.35. The number of thiophene rings is 1. The number of hydrogen-bond donors (Lipinski definition) is 2. The van der Waals surface area contributed by atoms with Crippen molar-refractivity contribution in [2.45, 2.75) is 6.54 Å². The maximum atomic E-state index is 10.5. The molecule has 2 aromatic heterocycles. The van der Waals surface area contributed by atoms with Crippen molar-refractivity contribution in [3.8, 4) is 0 Å². The summed E-state index contributed by atoms with van der Waals surface area (Å²) >= 11 is 1.60. The zero-order chi connectivity index (χ0) is 13.7. The van der Waals surface area contributed by atoms with E-state index in [9.17, 15) is 10.1 Å². The minimum Gasteiger partial charge on any atom is -0.370 e. The second kappa shape index (κ2) is 5.91. The highest BCUT2D eigenvalue weighted by Crippen LogP contribution is 2.12. The average molecular weight is 277 g/mol. The molecule has 0 aliphatic rings. The lowest BCUT2D eigenvalue weighted by molar-refractivity contribution is -0.385. The van der Waals surface area contributed by atoms with Crippen LogP contribution in [-0.4, -0.2) is 15.9 Å². The van der Waals surface area contributed by atoms with Gasteiger partial charge in [-0.3, -0.25) is 10.1 Å². The number of nitrogens with zero attached hydrogens (tertiary/aromatic N) is 3. The molecule has 2 rings (SSSR count). The van der Waals surface area contributed by atoms with Gasteiger partial charge in [-0.15, -0.1) is 11.3 Å². The monoisotopic (exact) mass is 277 g/mol. The van der Waals surface area contributed by atoms with Crippen molar-refractivity contribution in [2.24, 2.45) is 10.7 Å². The molecule has 0 bridgehead atoms. The first-order chi connectivity index (χ1) is 9.15. The van der Waals surface area contributed by atoms with Crippen molar-refractivity contribution in [1.29, 1.82) is 0 Å². The zero-order valence-corrected chi connectivity index (χ0v) is 10.6. The van der Waals surface area contributed by atoms with Crippen LogP contribution in [0.5, 0.6) is 0 Å². The van der Waals surface area contributed by atoms with Gasteiger partial charge in [0.1, 0.15) is 12.0 Å². The number of rotatable bonds is 4. The average Bonchev–Trinajstić information content (AvgIpc) is 2.90. The van der Waals surface area contributed by atoms with Crippen LogP contribution in [-0.2, 0) is 6.54 Å². The molecule has 19 heavy (non-hydrogen) atoms. The molecule has 0 unspecified atom stereocenters. The lowest BCUT2D eigenvalue weighted by Gasteiger charge is -2.03. The number of pyridine rings is 1. The van der Waals surface area contributed by atoms with Gasteiger partial charge in [0.15, 0.2) is 5.96 Å². The third kappa shape index (κ3) is 3.75. The Morgan fingerprint density at radius 2 is 2.37 bits per heavy atom. The highest BCUT2D eigenvalue weighted by molar-refractivity contribution is 7.09. The Labute approximate surface area is 113 Å². The summed E-state index contributed by atoms with van der Waals surface area (Å²) in [6.07, 6.45) is 1.16. The van der Waals surface area contributed by atoms with Crippen molar-refractivity contribution < 1.29 is 4.92 Å². The van der Waals surface area contributed by atoms with Crippen LogP contribution < -0.4 is 11.1 Å². The molecule has 0 atom stereocenters. The normalized spacial score (nSPS) is 11.3. The maximum absolute atomic E-state index is 10.5. The van der Waals surface area contributed by atoms with E-state index in [0.29, 0.717) is 12.4 Å². The van der Waals surface area contributed by atoms with Gasteiger partial charge in [0.25, 0.3) is 5.69 Å². The highest BCUT2D eigenvalue weighted by Gasteiger charge is 2.05. The standard InChI is InChI=1S/C11H11N5O2S/c12-11(14-7-9-2-1-5-19-9)15-10-4-3-8(6-13-10)16(17)18/h1-6H,7H2,(H3,12,13,14,15). The molecule has 3 N–H and O–H groups in total. The fourth-order valence-corrected chi connectivity index (χ4v) is 1.93. The van der Waals surface area contributed by atoms with Crippen LogP contribution in [0.2, 0.25) is 0 Å². The lowest BCUT2D eigenvalue weighted by Crippen LogP contribution is -2.23. The maximum Gasteiger partial charge on any atom is 0.287 e. The van der Waals surface area contributed by atoms with Gasteiger partial charge in [-0.1, -0.05) is 6.07 Å². The van der Waals surface area contributed by atoms with Crippen LogP contribution >= 0.6 is 11.3 Å². The molecule has 0 aliphatic heterocycles. The Hall–Kier alpha value is -2.48. The Morgan fingerprint density at radius 1 is 1.53 bits per heavy atom. The molecular weight excluding hydrogens is 266 g/mol. The summed E-state index contributed by atoms with van der Waals surface area (Å²) in [5.74, 6) is 0.632. The lowest BCUT2D eigenvalue weighted by atomic mass is 10.4. The quantitative estimate of drug-likeness (QED) is 0.384. The van der Waals surface area contributed by atoms with Gasteiger partial charge in [-0.25, -0.2) is 9.98 Å². The molecule has 0 amide bonds. The molecular formula is C11H11N5O2S. The van der Waals surface area contributed by atoms with E-state index in [-0.39, 0.29) is 11.6 Å². The van der Waals surface area contributed by atoms with E-state index in [0.717, 1.165) is 11.1 Å². The summed E-state index contributed by atoms with van der Waals surface area (Å²) in [7, 11) is 0. The Balaban J connectivity index is 1.96. The number of aliphatic imine (C=N–C) groups is 1. The summed E-state index contributed by atoms with van der Waals surface area (Å²) in [5, 5.41) is 15.2. The van der Waals surface area contributed by atoms with Gasteiger partial charge in [0.05, 0.1) is 11.5 Å². The van der Waals surface area contributed by atoms with Gasteiger partial charge < -0.3 is 11.1 Å². The van der Waals surface area contributed by atoms with Gasteiger partial charge in [0, 0.05) is 10.9 Å². The first-order valence-corrected chi connectivity index (χ1v) is 6.23. The number of nitro groups is 1. The van der Waals surface area contributed by atoms with Gasteiger partial charge in [0.2, 0.25) is 0 Å². The molecule has 2 aromatic rings. The predicted molar refractivity (Wildman–Crippen MR) is 74.2 cm³/mol. The van der Waals surface area contributed by atoms with Crippen molar-refractivity contribution in [3.05, 3.63) is 50.8 Å². The summed E-state index contributed by atoms with van der Waals surface area (Å²) in [5.41, 5.74) is 5.62. The summed E-state index contributed by atoms with van der Waals surface area (Å²) < 4.78 is 0. The molecule has 0 aliphatic carbocycles. The Morgan fingerprint density at radius 3 is 2.95 bits per heavy atom. The SMILES string of the molecule is NC(=NCc1cccs1)Nc1ccc([N+](=O)[O-])cn1. The first kappa shape index (κ1) is 13.0. The Kier molecular flexibility index (Phi) is 4.04. The van der Waals surface area contributed by atoms with Crippen molar-refractivity contribution >= 4 is 28.8 Å². The molecule has 0 spiro atoms. The zero-order valence-electron chi connectivity index (χ0n) is 9.81. The number of hydrogen-bond acceptors (Lipinski definition) is 5.